The van der Waals surface area contributed by atoms with Crippen molar-refractivity contribution in [2.45, 2.75) is 103 Å². The molecule has 40 heavy (non-hydrogen) atoms. The highest BCUT2D eigenvalue weighted by Gasteiger charge is 2.42. The number of hydrogen-bond donors (Lipinski definition) is 2. The zero-order valence-electron chi connectivity index (χ0n) is 25.9. The number of carbonyl (C=O) groups is 1. The van der Waals surface area contributed by atoms with Crippen LogP contribution < -0.4 is 14.9 Å². The largest absolute Gasteiger partial charge is 0.359 e. The molecular formula is C32H48N6OS. The molecule has 0 aromatic carbocycles. The van der Waals surface area contributed by atoms with E-state index in [0.29, 0.717) is 16.5 Å². The van der Waals surface area contributed by atoms with E-state index in [1.807, 2.05) is 43.5 Å². The van der Waals surface area contributed by atoms with Crippen LogP contribution in [0.5, 0.6) is 0 Å². The quantitative estimate of drug-likeness (QED) is 0.291. The van der Waals surface area contributed by atoms with Crippen LogP contribution in [0.4, 0.5) is 11.6 Å². The van der Waals surface area contributed by atoms with Gasteiger partial charge in [0.1, 0.15) is 16.7 Å². The second-order valence-corrected chi connectivity index (χ2v) is 13.5. The minimum Gasteiger partial charge on any atom is -0.359 e. The molecule has 2 N–H and O–H groups in total. The number of rotatable bonds is 2. The minimum absolute atomic E-state index is 0.126. The van der Waals surface area contributed by atoms with Gasteiger partial charge in [-0.15, -0.1) is 0 Å². The summed E-state index contributed by atoms with van der Waals surface area (Å²) in [5, 5.41) is 4.33. The molecule has 0 spiro atoms. The number of pyridine rings is 2. The van der Waals surface area contributed by atoms with Crippen LogP contribution >= 0.6 is 11.9 Å². The Labute approximate surface area is 245 Å². The van der Waals surface area contributed by atoms with Crippen molar-refractivity contribution in [3.63, 3.8) is 0 Å². The maximum absolute atomic E-state index is 13.5. The van der Waals surface area contributed by atoms with Crippen molar-refractivity contribution in [3.05, 3.63) is 54.2 Å². The summed E-state index contributed by atoms with van der Waals surface area (Å²) in [6.07, 6.45) is 5.96. The third-order valence-electron chi connectivity index (χ3n) is 7.53. The molecule has 4 rings (SSSR count). The first-order valence-electron chi connectivity index (χ1n) is 14.4. The highest BCUT2D eigenvalue weighted by Crippen LogP contribution is 2.41. The summed E-state index contributed by atoms with van der Waals surface area (Å²) < 4.78 is 3.01. The topological polar surface area (TPSA) is 82.5 Å². The molecule has 2 aliphatic heterocycles. The smallest absolute Gasteiger partial charge is 0.265 e. The summed E-state index contributed by atoms with van der Waals surface area (Å²) in [6, 6.07) is 9.70. The number of hydrogen-bond acceptors (Lipinski definition) is 7. The number of fused-ring (bicyclic) bond motifs is 6. The Bertz CT molecular complexity index is 1230. The number of nitrogens with zero attached hydrogens (tertiary/aromatic N) is 4. The van der Waals surface area contributed by atoms with Gasteiger partial charge in [0.05, 0.1) is 16.8 Å². The van der Waals surface area contributed by atoms with Gasteiger partial charge in [0.15, 0.2) is 0 Å². The van der Waals surface area contributed by atoms with Crippen LogP contribution in [0.3, 0.4) is 0 Å². The van der Waals surface area contributed by atoms with Crippen LogP contribution in [0.2, 0.25) is 0 Å². The predicted octanol–water partition coefficient (Wildman–Crippen LogP) is 7.45. The van der Waals surface area contributed by atoms with Gasteiger partial charge >= 0.3 is 0 Å². The number of amides is 1. The molecule has 1 amide bonds. The molecule has 4 heterocycles. The Balaban J connectivity index is 0.00000141. The Kier molecular flexibility index (Phi) is 10.1. The Morgan fingerprint density at radius 1 is 1.20 bits per heavy atom. The van der Waals surface area contributed by atoms with Crippen molar-refractivity contribution in [2.24, 2.45) is 10.9 Å². The Morgan fingerprint density at radius 2 is 1.90 bits per heavy atom. The molecule has 0 saturated carbocycles. The SMILES string of the molecule is C=CC(=NC)C1(C)CCC2CN(c3nc(C(C)(C)C)ccc3C(=O)NSc3cccc(n3)N1)C(C)(C)C2.CCC. The van der Waals surface area contributed by atoms with Gasteiger partial charge in [-0.2, -0.15) is 0 Å². The van der Waals surface area contributed by atoms with Gasteiger partial charge in [-0.25, -0.2) is 9.97 Å². The van der Waals surface area contributed by atoms with Crippen LogP contribution in [0.15, 0.2) is 53.0 Å². The molecule has 218 valence electrons. The average molecular weight is 565 g/mol. The first kappa shape index (κ1) is 31.7. The molecular weight excluding hydrogens is 516 g/mol. The van der Waals surface area contributed by atoms with E-state index in [2.05, 4.69) is 81.9 Å². The van der Waals surface area contributed by atoms with Crippen molar-refractivity contribution in [2.75, 3.05) is 23.8 Å². The monoisotopic (exact) mass is 564 g/mol. The first-order valence-corrected chi connectivity index (χ1v) is 15.2. The van der Waals surface area contributed by atoms with Crippen LogP contribution in [-0.2, 0) is 5.41 Å². The van der Waals surface area contributed by atoms with Crippen LogP contribution in [0, 0.1) is 5.92 Å². The highest BCUT2D eigenvalue weighted by atomic mass is 32.2. The van der Waals surface area contributed by atoms with Crippen molar-refractivity contribution in [1.82, 2.24) is 14.7 Å². The summed E-state index contributed by atoms with van der Waals surface area (Å²) in [6.45, 7) is 22.3. The van der Waals surface area contributed by atoms with Crippen LogP contribution in [0.25, 0.3) is 0 Å². The molecule has 2 aromatic rings. The van der Waals surface area contributed by atoms with E-state index >= 15 is 0 Å². The standard InChI is InChI=1S/C29H40N6OS.C3H8/c1-9-21(30-8)29(7)16-15-19-17-28(5,6)35(18-19)25-20(13-14-22(31-25)27(2,3)4)26(36)34-37-24-12-10-11-23(32-24)33-29;1-3-2/h9-14,19H,1,15-18H2,2-8H3,(H,32,33)(H,34,36);3H2,1-2H3. The molecule has 0 radical (unpaired) electrons. The molecule has 4 bridgehead atoms. The third-order valence-corrected chi connectivity index (χ3v) is 8.26. The zero-order valence-corrected chi connectivity index (χ0v) is 26.7. The fourth-order valence-electron chi connectivity index (χ4n) is 5.49. The van der Waals surface area contributed by atoms with Crippen molar-refractivity contribution < 1.29 is 4.79 Å². The molecule has 2 aromatic heterocycles. The lowest BCUT2D eigenvalue weighted by Crippen LogP contribution is -2.43. The summed E-state index contributed by atoms with van der Waals surface area (Å²) in [5.74, 6) is 1.77. The predicted molar refractivity (Wildman–Crippen MR) is 171 cm³/mol. The maximum Gasteiger partial charge on any atom is 0.265 e. The van der Waals surface area contributed by atoms with E-state index in [4.69, 9.17) is 9.97 Å². The molecule has 2 unspecified atom stereocenters. The van der Waals surface area contributed by atoms with Crippen LogP contribution in [-0.4, -0.2) is 46.3 Å². The fourth-order valence-corrected chi connectivity index (χ4v) is 6.09. The second kappa shape index (κ2) is 12.8. The van der Waals surface area contributed by atoms with Gasteiger partial charge in [-0.1, -0.05) is 53.7 Å². The van der Waals surface area contributed by atoms with E-state index in [0.717, 1.165) is 48.8 Å². The lowest BCUT2D eigenvalue weighted by Gasteiger charge is -2.34. The molecule has 1 saturated heterocycles. The first-order chi connectivity index (χ1) is 18.8. The molecule has 0 aliphatic carbocycles. The van der Waals surface area contributed by atoms with Gasteiger partial charge in [0.2, 0.25) is 0 Å². The summed E-state index contributed by atoms with van der Waals surface area (Å²) in [4.78, 5) is 30.2. The van der Waals surface area contributed by atoms with E-state index in [-0.39, 0.29) is 16.9 Å². The van der Waals surface area contributed by atoms with Crippen molar-refractivity contribution >= 4 is 35.2 Å². The van der Waals surface area contributed by atoms with E-state index in [1.165, 1.54) is 18.4 Å². The molecule has 2 aliphatic rings. The molecule has 7 nitrogen and oxygen atoms in total. The van der Waals surface area contributed by atoms with Crippen LogP contribution in [0.1, 0.15) is 97.1 Å². The zero-order chi connectivity index (χ0) is 29.7. The van der Waals surface area contributed by atoms with Gasteiger partial charge < -0.3 is 10.2 Å². The summed E-state index contributed by atoms with van der Waals surface area (Å²) in [7, 11) is 1.81. The fraction of sp³-hybridized carbons (Fsp3) is 0.562. The number of anilines is 2. The summed E-state index contributed by atoms with van der Waals surface area (Å²) >= 11 is 1.21. The normalized spacial score (nSPS) is 22.9. The Hall–Kier alpha value is -2.87. The third kappa shape index (κ3) is 7.25. The number of aliphatic imine (C=N–C) groups is 1. The van der Waals surface area contributed by atoms with Gasteiger partial charge in [0, 0.05) is 42.2 Å². The van der Waals surface area contributed by atoms with Gasteiger partial charge in [-0.05, 0) is 76.3 Å². The molecule has 1 fully saturated rings. The molecule has 8 heteroatoms. The summed E-state index contributed by atoms with van der Waals surface area (Å²) in [5.41, 5.74) is 1.78. The number of nitrogens with one attached hydrogen (secondary N) is 2. The lowest BCUT2D eigenvalue weighted by atomic mass is 9.84. The van der Waals surface area contributed by atoms with E-state index in [9.17, 15) is 4.79 Å². The van der Waals surface area contributed by atoms with E-state index in [1.54, 1.807) is 0 Å². The highest BCUT2D eigenvalue weighted by molar-refractivity contribution is 7.97. The second-order valence-electron chi connectivity index (χ2n) is 12.7. The average Bonchev–Trinajstić information content (AvgIpc) is 3.20. The number of aromatic nitrogens is 2. The minimum atomic E-state index is -0.427. The van der Waals surface area contributed by atoms with Gasteiger partial charge in [-0.3, -0.25) is 14.5 Å². The van der Waals surface area contributed by atoms with Gasteiger partial charge in [0.25, 0.3) is 5.91 Å². The lowest BCUT2D eigenvalue weighted by molar-refractivity contribution is 0.0984. The maximum atomic E-state index is 13.5. The van der Waals surface area contributed by atoms with Crippen molar-refractivity contribution in [3.8, 4) is 0 Å². The number of carbonyl (C=O) groups excluding carboxylic acids is 1. The van der Waals surface area contributed by atoms with Crippen molar-refractivity contribution in [1.29, 1.82) is 0 Å². The van der Waals surface area contributed by atoms with E-state index < -0.39 is 5.54 Å². The Morgan fingerprint density at radius 3 is 2.52 bits per heavy atom. The molecule has 2 atom stereocenters.